The van der Waals surface area contributed by atoms with Gasteiger partial charge in [0, 0.05) is 6.54 Å². The van der Waals surface area contributed by atoms with Crippen molar-refractivity contribution in [2.24, 2.45) is 0 Å². The van der Waals surface area contributed by atoms with Crippen LogP contribution in [0.25, 0.3) is 0 Å². The quantitative estimate of drug-likeness (QED) is 0.594. The van der Waals surface area contributed by atoms with Gasteiger partial charge in [-0.3, -0.25) is 9.10 Å². The van der Waals surface area contributed by atoms with Crippen LogP contribution >= 0.6 is 0 Å². The van der Waals surface area contributed by atoms with E-state index in [1.165, 1.54) is 12.1 Å². The largest absolute Gasteiger partial charge is 0.354 e. The third-order valence-electron chi connectivity index (χ3n) is 4.88. The lowest BCUT2D eigenvalue weighted by Gasteiger charge is -2.25. The molecule has 0 bridgehead atoms. The molecule has 0 fully saturated rings. The first-order valence-corrected chi connectivity index (χ1v) is 11.3. The summed E-state index contributed by atoms with van der Waals surface area (Å²) in [6, 6.07) is 25.2. The smallest absolute Gasteiger partial charge is 0.264 e. The molecular weight excluding hydrogens is 396 g/mol. The minimum atomic E-state index is -3.88. The second-order valence-electron chi connectivity index (χ2n) is 7.28. The van der Waals surface area contributed by atoms with Crippen molar-refractivity contribution in [2.45, 2.75) is 24.7 Å². The van der Waals surface area contributed by atoms with Crippen LogP contribution in [0.5, 0.6) is 0 Å². The van der Waals surface area contributed by atoms with Gasteiger partial charge in [0.1, 0.15) is 6.54 Å². The van der Waals surface area contributed by atoms with Gasteiger partial charge in [-0.1, -0.05) is 67.6 Å². The number of amides is 1. The van der Waals surface area contributed by atoms with Gasteiger partial charge < -0.3 is 5.32 Å². The molecule has 0 unspecified atom stereocenters. The maximum Gasteiger partial charge on any atom is 0.264 e. The standard InChI is InChI=1S/C24H26N2O3S/c1-19-10-9-13-22(16-19)26(30(28,29)23-14-7-4-8-15-23)18-24(27)25-17-20(2)21-11-5-3-6-12-21/h3-16,20H,17-18H2,1-2H3,(H,25,27)/t20-/m1/s1. The van der Waals surface area contributed by atoms with E-state index in [2.05, 4.69) is 5.32 Å². The lowest BCUT2D eigenvalue weighted by Crippen LogP contribution is -2.41. The molecule has 1 atom stereocenters. The molecule has 3 aromatic carbocycles. The molecule has 0 aliphatic rings. The molecule has 5 nitrogen and oxygen atoms in total. The zero-order chi connectivity index (χ0) is 21.6. The number of anilines is 1. The summed E-state index contributed by atoms with van der Waals surface area (Å²) in [4.78, 5) is 12.9. The van der Waals surface area contributed by atoms with Crippen molar-refractivity contribution in [2.75, 3.05) is 17.4 Å². The highest BCUT2D eigenvalue weighted by atomic mass is 32.2. The molecule has 0 heterocycles. The highest BCUT2D eigenvalue weighted by molar-refractivity contribution is 7.92. The third kappa shape index (κ3) is 5.27. The molecule has 3 rings (SSSR count). The van der Waals surface area contributed by atoms with E-state index in [1.807, 2.05) is 50.2 Å². The molecule has 0 spiro atoms. The fraction of sp³-hybridized carbons (Fsp3) is 0.208. The zero-order valence-corrected chi connectivity index (χ0v) is 18.0. The van der Waals surface area contributed by atoms with E-state index in [1.54, 1.807) is 36.4 Å². The van der Waals surface area contributed by atoms with Gasteiger partial charge in [-0.05, 0) is 48.2 Å². The zero-order valence-electron chi connectivity index (χ0n) is 17.2. The van der Waals surface area contributed by atoms with Crippen LogP contribution in [0.3, 0.4) is 0 Å². The summed E-state index contributed by atoms with van der Waals surface area (Å²) < 4.78 is 27.7. The van der Waals surface area contributed by atoms with Crippen LogP contribution < -0.4 is 9.62 Å². The number of sulfonamides is 1. The molecular formula is C24H26N2O3S. The normalized spacial score (nSPS) is 12.2. The van der Waals surface area contributed by atoms with Crippen LogP contribution in [0.1, 0.15) is 24.0 Å². The van der Waals surface area contributed by atoms with Gasteiger partial charge in [0.25, 0.3) is 10.0 Å². The van der Waals surface area contributed by atoms with E-state index < -0.39 is 10.0 Å². The lowest BCUT2D eigenvalue weighted by atomic mass is 10.0. The van der Waals surface area contributed by atoms with E-state index in [-0.39, 0.29) is 23.3 Å². The summed E-state index contributed by atoms with van der Waals surface area (Å²) >= 11 is 0. The molecule has 0 aromatic heterocycles. The number of nitrogens with zero attached hydrogens (tertiary/aromatic N) is 1. The number of hydrogen-bond donors (Lipinski definition) is 1. The van der Waals surface area contributed by atoms with Crippen molar-refractivity contribution in [1.29, 1.82) is 0 Å². The van der Waals surface area contributed by atoms with Crippen molar-refractivity contribution in [1.82, 2.24) is 5.32 Å². The molecule has 0 saturated carbocycles. The van der Waals surface area contributed by atoms with Gasteiger partial charge in [-0.25, -0.2) is 8.42 Å². The topological polar surface area (TPSA) is 66.5 Å². The van der Waals surface area contributed by atoms with Crippen LogP contribution in [0.15, 0.2) is 89.8 Å². The molecule has 156 valence electrons. The molecule has 6 heteroatoms. The average Bonchev–Trinajstić information content (AvgIpc) is 2.77. The van der Waals surface area contributed by atoms with E-state index >= 15 is 0 Å². The Bertz CT molecular complexity index is 1080. The molecule has 0 saturated heterocycles. The molecule has 1 N–H and O–H groups in total. The fourth-order valence-electron chi connectivity index (χ4n) is 3.17. The molecule has 0 aliphatic carbocycles. The van der Waals surface area contributed by atoms with E-state index in [0.717, 1.165) is 15.4 Å². The minimum Gasteiger partial charge on any atom is -0.354 e. The summed E-state index contributed by atoms with van der Waals surface area (Å²) in [5.74, 6) is -0.230. The van der Waals surface area contributed by atoms with Crippen molar-refractivity contribution in [3.63, 3.8) is 0 Å². The Kier molecular flexibility index (Phi) is 6.90. The van der Waals surface area contributed by atoms with Gasteiger partial charge in [0.15, 0.2) is 0 Å². The van der Waals surface area contributed by atoms with Crippen molar-refractivity contribution in [3.8, 4) is 0 Å². The predicted molar refractivity (Wildman–Crippen MR) is 120 cm³/mol. The lowest BCUT2D eigenvalue weighted by molar-refractivity contribution is -0.119. The Morgan fingerprint density at radius 2 is 1.57 bits per heavy atom. The second-order valence-corrected chi connectivity index (χ2v) is 9.14. The number of rotatable bonds is 8. The first-order valence-electron chi connectivity index (χ1n) is 9.84. The van der Waals surface area contributed by atoms with E-state index in [9.17, 15) is 13.2 Å². The van der Waals surface area contributed by atoms with Gasteiger partial charge in [-0.15, -0.1) is 0 Å². The second kappa shape index (κ2) is 9.59. The maximum atomic E-state index is 13.3. The van der Waals surface area contributed by atoms with Crippen LogP contribution in [-0.2, 0) is 14.8 Å². The minimum absolute atomic E-state index is 0.119. The first-order chi connectivity index (χ1) is 14.4. The van der Waals surface area contributed by atoms with Crippen LogP contribution in [0.4, 0.5) is 5.69 Å². The number of carbonyl (C=O) groups excluding carboxylic acids is 1. The fourth-order valence-corrected chi connectivity index (χ4v) is 4.60. The van der Waals surface area contributed by atoms with E-state index in [0.29, 0.717) is 12.2 Å². The number of aryl methyl sites for hydroxylation is 1. The predicted octanol–water partition coefficient (Wildman–Crippen LogP) is 4.11. The van der Waals surface area contributed by atoms with Gasteiger partial charge >= 0.3 is 0 Å². The maximum absolute atomic E-state index is 13.3. The molecule has 0 aliphatic heterocycles. The summed E-state index contributed by atoms with van der Waals surface area (Å²) in [6.07, 6.45) is 0. The Morgan fingerprint density at radius 3 is 2.20 bits per heavy atom. The van der Waals surface area contributed by atoms with Crippen molar-refractivity contribution >= 4 is 21.6 Å². The Morgan fingerprint density at radius 1 is 0.933 bits per heavy atom. The number of nitrogens with one attached hydrogen (secondary N) is 1. The average molecular weight is 423 g/mol. The number of benzene rings is 3. The van der Waals surface area contributed by atoms with Gasteiger partial charge in [0.05, 0.1) is 10.6 Å². The van der Waals surface area contributed by atoms with Gasteiger partial charge in [-0.2, -0.15) is 0 Å². The Labute approximate surface area is 178 Å². The summed E-state index contributed by atoms with van der Waals surface area (Å²) in [5, 5.41) is 2.87. The van der Waals surface area contributed by atoms with Crippen LogP contribution in [0, 0.1) is 6.92 Å². The SMILES string of the molecule is Cc1cccc(N(CC(=O)NC[C@@H](C)c2ccccc2)S(=O)(=O)c2ccccc2)c1. The van der Waals surface area contributed by atoms with E-state index in [4.69, 9.17) is 0 Å². The monoisotopic (exact) mass is 422 g/mol. The first kappa shape index (κ1) is 21.6. The highest BCUT2D eigenvalue weighted by Crippen LogP contribution is 2.24. The highest BCUT2D eigenvalue weighted by Gasteiger charge is 2.27. The summed E-state index contributed by atoms with van der Waals surface area (Å²) in [5.41, 5.74) is 2.49. The summed E-state index contributed by atoms with van der Waals surface area (Å²) in [7, 11) is -3.88. The Balaban J connectivity index is 1.80. The molecule has 0 radical (unpaired) electrons. The van der Waals surface area contributed by atoms with Crippen LogP contribution in [-0.4, -0.2) is 27.4 Å². The summed E-state index contributed by atoms with van der Waals surface area (Å²) in [6.45, 7) is 4.05. The van der Waals surface area contributed by atoms with Gasteiger partial charge in [0.2, 0.25) is 5.91 Å². The Hall–Kier alpha value is -3.12. The number of hydrogen-bond acceptors (Lipinski definition) is 3. The number of carbonyl (C=O) groups is 1. The van der Waals surface area contributed by atoms with Crippen molar-refractivity contribution in [3.05, 3.63) is 96.1 Å². The molecule has 1 amide bonds. The van der Waals surface area contributed by atoms with Crippen LogP contribution in [0.2, 0.25) is 0 Å². The molecule has 3 aromatic rings. The molecule has 30 heavy (non-hydrogen) atoms. The van der Waals surface area contributed by atoms with Crippen molar-refractivity contribution < 1.29 is 13.2 Å². The third-order valence-corrected chi connectivity index (χ3v) is 6.67.